The highest BCUT2D eigenvalue weighted by Crippen LogP contribution is 2.37. The molecule has 0 radical (unpaired) electrons. The second-order valence-electron chi connectivity index (χ2n) is 7.30. The quantitative estimate of drug-likeness (QED) is 0.466. The summed E-state index contributed by atoms with van der Waals surface area (Å²) in [5.74, 6) is 3.76. The van der Waals surface area contributed by atoms with Crippen molar-refractivity contribution in [1.82, 2.24) is 0 Å². The molecule has 1 aliphatic heterocycles. The maximum atomic E-state index is 11.0. The van der Waals surface area contributed by atoms with Gasteiger partial charge in [0.15, 0.2) is 0 Å². The standard InChI is InChI=1S/C23H25ClO6/c1-2-3-4-14-5-7-15(8-6-14)11-16-12-17(9-10-18(16)24)23(29)22(28)21(27)20(26)19(13-25)30-23/h5-10,12,19-22,25-29H,2,11,13H2,1H3/t19-,20-,21+,22-,23-/m1/s1. The summed E-state index contributed by atoms with van der Waals surface area (Å²) < 4.78 is 5.39. The summed E-state index contributed by atoms with van der Waals surface area (Å²) in [6, 6.07) is 12.3. The van der Waals surface area contributed by atoms with E-state index in [9.17, 15) is 25.5 Å². The third-order valence-corrected chi connectivity index (χ3v) is 5.55. The molecule has 2 aromatic rings. The van der Waals surface area contributed by atoms with Crippen LogP contribution in [0.1, 0.15) is 35.6 Å². The van der Waals surface area contributed by atoms with Gasteiger partial charge in [0.1, 0.15) is 24.4 Å². The average molecular weight is 433 g/mol. The van der Waals surface area contributed by atoms with Crippen molar-refractivity contribution in [3.8, 4) is 11.8 Å². The molecule has 0 unspecified atom stereocenters. The van der Waals surface area contributed by atoms with Crippen LogP contribution >= 0.6 is 11.6 Å². The van der Waals surface area contributed by atoms with Gasteiger partial charge in [-0.1, -0.05) is 48.6 Å². The van der Waals surface area contributed by atoms with Gasteiger partial charge in [-0.25, -0.2) is 0 Å². The second-order valence-corrected chi connectivity index (χ2v) is 7.70. The first kappa shape index (κ1) is 22.7. The van der Waals surface area contributed by atoms with Crippen molar-refractivity contribution in [3.05, 3.63) is 69.7 Å². The van der Waals surface area contributed by atoms with Gasteiger partial charge in [0.2, 0.25) is 5.79 Å². The molecule has 2 aromatic carbocycles. The van der Waals surface area contributed by atoms with Crippen LogP contribution in [0.5, 0.6) is 0 Å². The molecule has 160 valence electrons. The number of aliphatic hydroxyl groups excluding tert-OH is 4. The topological polar surface area (TPSA) is 110 Å². The predicted octanol–water partition coefficient (Wildman–Crippen LogP) is 1.31. The second kappa shape index (κ2) is 9.46. The SMILES string of the molecule is CCC#Cc1ccc(Cc2cc([C@@]3(O)O[C@H](CO)[C@@H](O)[C@H](O)[C@H]3O)ccc2Cl)cc1. The molecule has 7 heteroatoms. The summed E-state index contributed by atoms with van der Waals surface area (Å²) in [4.78, 5) is 0. The zero-order chi connectivity index (χ0) is 21.9. The third-order valence-electron chi connectivity index (χ3n) is 5.18. The van der Waals surface area contributed by atoms with Gasteiger partial charge >= 0.3 is 0 Å². The summed E-state index contributed by atoms with van der Waals surface area (Å²) in [5.41, 5.74) is 2.71. The van der Waals surface area contributed by atoms with Gasteiger partial charge < -0.3 is 30.3 Å². The lowest BCUT2D eigenvalue weighted by molar-refractivity contribution is -0.357. The molecule has 1 heterocycles. The van der Waals surface area contributed by atoms with Gasteiger partial charge in [-0.2, -0.15) is 0 Å². The van der Waals surface area contributed by atoms with Crippen molar-refractivity contribution in [2.45, 2.75) is 50.0 Å². The monoisotopic (exact) mass is 432 g/mol. The Bertz CT molecular complexity index is 933. The fraction of sp³-hybridized carbons (Fsp3) is 0.391. The molecule has 0 aliphatic carbocycles. The molecule has 0 spiro atoms. The number of benzene rings is 2. The van der Waals surface area contributed by atoms with Crippen molar-refractivity contribution in [2.75, 3.05) is 6.61 Å². The Hall–Kier alpha value is -1.95. The van der Waals surface area contributed by atoms with Gasteiger partial charge in [-0.3, -0.25) is 0 Å². The zero-order valence-electron chi connectivity index (χ0n) is 16.5. The van der Waals surface area contributed by atoms with E-state index in [0.29, 0.717) is 17.0 Å². The lowest BCUT2D eigenvalue weighted by Crippen LogP contribution is -2.63. The largest absolute Gasteiger partial charge is 0.394 e. The molecule has 5 N–H and O–H groups in total. The molecule has 0 aromatic heterocycles. The van der Waals surface area contributed by atoms with Crippen molar-refractivity contribution in [3.63, 3.8) is 0 Å². The molecule has 1 aliphatic rings. The van der Waals surface area contributed by atoms with Gasteiger partial charge in [0, 0.05) is 22.6 Å². The van der Waals surface area contributed by atoms with Crippen molar-refractivity contribution >= 4 is 11.6 Å². The van der Waals surface area contributed by atoms with E-state index in [4.69, 9.17) is 16.3 Å². The Balaban J connectivity index is 1.89. The van der Waals surface area contributed by atoms with Crippen LogP contribution in [0.25, 0.3) is 0 Å². The van der Waals surface area contributed by atoms with Crippen LogP contribution in [-0.2, 0) is 16.9 Å². The summed E-state index contributed by atoms with van der Waals surface area (Å²) in [7, 11) is 0. The van der Waals surface area contributed by atoms with E-state index in [2.05, 4.69) is 11.8 Å². The minimum atomic E-state index is -2.31. The molecule has 1 fully saturated rings. The molecule has 5 atom stereocenters. The summed E-state index contributed by atoms with van der Waals surface area (Å²) in [6.07, 6.45) is -5.08. The van der Waals surface area contributed by atoms with Crippen LogP contribution in [0, 0.1) is 11.8 Å². The Morgan fingerprint density at radius 2 is 1.77 bits per heavy atom. The summed E-state index contributed by atoms with van der Waals surface area (Å²) in [6.45, 7) is 1.35. The molecular weight excluding hydrogens is 408 g/mol. The van der Waals surface area contributed by atoms with Crippen molar-refractivity contribution in [2.24, 2.45) is 0 Å². The molecule has 0 bridgehead atoms. The van der Waals surface area contributed by atoms with Crippen LogP contribution in [-0.4, -0.2) is 56.6 Å². The number of halogens is 1. The summed E-state index contributed by atoms with van der Waals surface area (Å²) in [5, 5.41) is 51.2. The first-order valence-electron chi connectivity index (χ1n) is 9.72. The normalized spacial score (nSPS) is 28.6. The zero-order valence-corrected chi connectivity index (χ0v) is 17.3. The minimum absolute atomic E-state index is 0.157. The number of hydrogen-bond acceptors (Lipinski definition) is 6. The smallest absolute Gasteiger partial charge is 0.222 e. The summed E-state index contributed by atoms with van der Waals surface area (Å²) >= 11 is 6.34. The number of rotatable bonds is 4. The molecule has 0 saturated carbocycles. The van der Waals surface area contributed by atoms with Gasteiger partial charge in [-0.15, -0.1) is 0 Å². The molecule has 30 heavy (non-hydrogen) atoms. The van der Waals surface area contributed by atoms with E-state index in [0.717, 1.165) is 17.5 Å². The lowest BCUT2D eigenvalue weighted by Gasteiger charge is -2.45. The lowest BCUT2D eigenvalue weighted by atomic mass is 9.87. The van der Waals surface area contributed by atoms with Gasteiger partial charge in [0.25, 0.3) is 0 Å². The van der Waals surface area contributed by atoms with Crippen LogP contribution in [0.3, 0.4) is 0 Å². The van der Waals surface area contributed by atoms with Gasteiger partial charge in [-0.05, 0) is 41.8 Å². The van der Waals surface area contributed by atoms with E-state index in [1.54, 1.807) is 12.1 Å². The minimum Gasteiger partial charge on any atom is -0.394 e. The van der Waals surface area contributed by atoms with E-state index in [1.807, 2.05) is 31.2 Å². The van der Waals surface area contributed by atoms with E-state index < -0.39 is 36.8 Å². The Morgan fingerprint density at radius 3 is 2.40 bits per heavy atom. The highest BCUT2D eigenvalue weighted by atomic mass is 35.5. The van der Waals surface area contributed by atoms with Crippen LogP contribution in [0.4, 0.5) is 0 Å². The maximum absolute atomic E-state index is 11.0. The Labute approximate surface area is 180 Å². The van der Waals surface area contributed by atoms with Crippen LogP contribution in [0.2, 0.25) is 5.02 Å². The molecular formula is C23H25ClO6. The third kappa shape index (κ3) is 4.53. The van der Waals surface area contributed by atoms with Gasteiger partial charge in [0.05, 0.1) is 6.61 Å². The van der Waals surface area contributed by atoms with Crippen molar-refractivity contribution < 1.29 is 30.3 Å². The van der Waals surface area contributed by atoms with Crippen LogP contribution < -0.4 is 0 Å². The average Bonchev–Trinajstić information content (AvgIpc) is 2.75. The molecule has 3 rings (SSSR count). The van der Waals surface area contributed by atoms with E-state index in [1.165, 1.54) is 6.07 Å². The number of hydrogen-bond donors (Lipinski definition) is 5. The highest BCUT2D eigenvalue weighted by molar-refractivity contribution is 6.31. The van der Waals surface area contributed by atoms with Crippen LogP contribution in [0.15, 0.2) is 42.5 Å². The number of aliphatic hydroxyl groups is 5. The fourth-order valence-electron chi connectivity index (χ4n) is 3.44. The van der Waals surface area contributed by atoms with E-state index >= 15 is 0 Å². The molecule has 1 saturated heterocycles. The van der Waals surface area contributed by atoms with Crippen molar-refractivity contribution in [1.29, 1.82) is 0 Å². The Kier molecular flexibility index (Phi) is 7.17. The first-order chi connectivity index (χ1) is 14.3. The number of ether oxygens (including phenoxy) is 1. The predicted molar refractivity (Wildman–Crippen MR) is 112 cm³/mol. The first-order valence-corrected chi connectivity index (χ1v) is 10.1. The fourth-order valence-corrected chi connectivity index (χ4v) is 3.63. The van der Waals surface area contributed by atoms with E-state index in [-0.39, 0.29) is 5.56 Å². The maximum Gasteiger partial charge on any atom is 0.222 e. The molecule has 6 nitrogen and oxygen atoms in total. The highest BCUT2D eigenvalue weighted by Gasteiger charge is 2.53. The Morgan fingerprint density at radius 1 is 1.07 bits per heavy atom. The molecule has 0 amide bonds.